The first-order valence-corrected chi connectivity index (χ1v) is 8.42. The molecule has 0 aliphatic carbocycles. The predicted molar refractivity (Wildman–Crippen MR) is 67.7 cm³/mol. The quantitative estimate of drug-likeness (QED) is 0.834. The second kappa shape index (κ2) is 4.78. The van der Waals surface area contributed by atoms with Crippen molar-refractivity contribution in [3.63, 3.8) is 0 Å². The van der Waals surface area contributed by atoms with Crippen molar-refractivity contribution in [2.45, 2.75) is 18.9 Å². The van der Waals surface area contributed by atoms with Gasteiger partial charge < -0.3 is 4.90 Å². The average molecular weight is 273 g/mol. The Morgan fingerprint density at radius 1 is 1.59 bits per heavy atom. The molecule has 6 heteroatoms. The van der Waals surface area contributed by atoms with E-state index in [0.717, 1.165) is 19.2 Å². The number of likely N-dealkylation sites (tertiary alicyclic amines) is 1. The van der Waals surface area contributed by atoms with Crippen LogP contribution in [0.5, 0.6) is 0 Å². The third-order valence-electron chi connectivity index (χ3n) is 2.90. The lowest BCUT2D eigenvalue weighted by Crippen LogP contribution is -2.45. The summed E-state index contributed by atoms with van der Waals surface area (Å²) in [6, 6.07) is 4.16. The minimum absolute atomic E-state index is 0.0555. The fourth-order valence-corrected chi connectivity index (χ4v) is 3.30. The van der Waals surface area contributed by atoms with Crippen LogP contribution in [0.3, 0.4) is 0 Å². The molecule has 1 aliphatic rings. The first-order valence-electron chi connectivity index (χ1n) is 5.48. The normalized spacial score (nSPS) is 20.1. The average Bonchev–Trinajstić information content (AvgIpc) is 2.65. The summed E-state index contributed by atoms with van der Waals surface area (Å²) in [7, 11) is -3.05. The molecule has 2 heterocycles. The van der Waals surface area contributed by atoms with Crippen LogP contribution in [-0.4, -0.2) is 37.8 Å². The maximum Gasteiger partial charge on any atom is 0.224 e. The minimum Gasteiger partial charge on any atom is -0.335 e. The number of amides is 1. The highest BCUT2D eigenvalue weighted by atomic mass is 32.2. The van der Waals surface area contributed by atoms with Crippen LogP contribution in [0.2, 0.25) is 0 Å². The lowest BCUT2D eigenvalue weighted by atomic mass is 10.0. The van der Waals surface area contributed by atoms with Crippen LogP contribution in [-0.2, 0) is 14.6 Å². The summed E-state index contributed by atoms with van der Waals surface area (Å²) in [5.74, 6) is -0.112. The number of rotatable bonds is 4. The molecule has 0 radical (unpaired) electrons. The Bertz CT molecular complexity index is 493. The second-order valence-electron chi connectivity index (χ2n) is 4.29. The molecule has 0 saturated carbocycles. The molecule has 0 aromatic carbocycles. The van der Waals surface area contributed by atoms with Gasteiger partial charge in [0.15, 0.2) is 0 Å². The summed E-state index contributed by atoms with van der Waals surface area (Å²) < 4.78 is 22.0. The van der Waals surface area contributed by atoms with Crippen LogP contribution in [0.1, 0.15) is 23.8 Å². The lowest BCUT2D eigenvalue weighted by molar-refractivity contribution is -0.138. The van der Waals surface area contributed by atoms with Gasteiger partial charge in [0, 0.05) is 24.1 Å². The zero-order chi connectivity index (χ0) is 12.5. The SMILES string of the molecule is CS(=O)(=O)CCC(=O)N1CCC1c1cccs1. The summed E-state index contributed by atoms with van der Waals surface area (Å²) in [5.41, 5.74) is 0. The molecule has 2 rings (SSSR count). The molecule has 1 aromatic rings. The molecular formula is C11H15NO3S2. The van der Waals surface area contributed by atoms with Crippen molar-refractivity contribution >= 4 is 27.1 Å². The Labute approximate surface area is 105 Å². The molecule has 1 fully saturated rings. The van der Waals surface area contributed by atoms with Gasteiger partial charge in [-0.2, -0.15) is 0 Å². The molecule has 0 spiro atoms. The van der Waals surface area contributed by atoms with Gasteiger partial charge in [0.25, 0.3) is 0 Å². The Balaban J connectivity index is 1.93. The zero-order valence-corrected chi connectivity index (χ0v) is 11.3. The van der Waals surface area contributed by atoms with E-state index in [1.165, 1.54) is 4.88 Å². The minimum atomic E-state index is -3.05. The topological polar surface area (TPSA) is 54.5 Å². The second-order valence-corrected chi connectivity index (χ2v) is 7.53. The van der Waals surface area contributed by atoms with Crippen LogP contribution in [0.25, 0.3) is 0 Å². The molecular weight excluding hydrogens is 258 g/mol. The standard InChI is InChI=1S/C11H15NO3S2/c1-17(14,15)8-5-11(13)12-6-4-9(12)10-3-2-7-16-10/h2-3,7,9H,4-6,8H2,1H3. The molecule has 0 bridgehead atoms. The van der Waals surface area contributed by atoms with Gasteiger partial charge in [0.05, 0.1) is 11.8 Å². The van der Waals surface area contributed by atoms with E-state index in [1.54, 1.807) is 16.2 Å². The Morgan fingerprint density at radius 2 is 2.35 bits per heavy atom. The van der Waals surface area contributed by atoms with E-state index in [0.29, 0.717) is 0 Å². The molecule has 1 saturated heterocycles. The number of carbonyl (C=O) groups is 1. The summed E-state index contributed by atoms with van der Waals surface area (Å²) in [5, 5.41) is 1.99. The monoisotopic (exact) mass is 273 g/mol. The van der Waals surface area contributed by atoms with Crippen LogP contribution in [0.4, 0.5) is 0 Å². The van der Waals surface area contributed by atoms with E-state index in [-0.39, 0.29) is 24.1 Å². The highest BCUT2D eigenvalue weighted by molar-refractivity contribution is 7.90. The van der Waals surface area contributed by atoms with Gasteiger partial charge in [-0.15, -0.1) is 11.3 Å². The molecule has 1 amide bonds. The van der Waals surface area contributed by atoms with Crippen molar-refractivity contribution in [3.8, 4) is 0 Å². The van der Waals surface area contributed by atoms with E-state index in [2.05, 4.69) is 0 Å². The maximum atomic E-state index is 11.8. The zero-order valence-electron chi connectivity index (χ0n) is 9.63. The summed E-state index contributed by atoms with van der Waals surface area (Å²) in [6.45, 7) is 0.741. The molecule has 1 atom stereocenters. The molecule has 0 N–H and O–H groups in total. The first-order chi connectivity index (χ1) is 7.97. The number of carbonyl (C=O) groups excluding carboxylic acids is 1. The maximum absolute atomic E-state index is 11.8. The largest absolute Gasteiger partial charge is 0.335 e. The number of hydrogen-bond acceptors (Lipinski definition) is 4. The van der Waals surface area contributed by atoms with E-state index in [9.17, 15) is 13.2 Å². The van der Waals surface area contributed by atoms with E-state index in [4.69, 9.17) is 0 Å². The van der Waals surface area contributed by atoms with Crippen LogP contribution in [0, 0.1) is 0 Å². The number of hydrogen-bond donors (Lipinski definition) is 0. The molecule has 1 aliphatic heterocycles. The Hall–Kier alpha value is -0.880. The van der Waals surface area contributed by atoms with Gasteiger partial charge in [-0.05, 0) is 17.9 Å². The van der Waals surface area contributed by atoms with Crippen molar-refractivity contribution in [1.82, 2.24) is 4.90 Å². The van der Waals surface area contributed by atoms with Crippen molar-refractivity contribution in [2.24, 2.45) is 0 Å². The summed E-state index contributed by atoms with van der Waals surface area (Å²) in [6.07, 6.45) is 2.24. The van der Waals surface area contributed by atoms with Crippen molar-refractivity contribution in [2.75, 3.05) is 18.6 Å². The number of nitrogens with zero attached hydrogens (tertiary/aromatic N) is 1. The van der Waals surface area contributed by atoms with Gasteiger partial charge in [0.1, 0.15) is 9.84 Å². The van der Waals surface area contributed by atoms with Gasteiger partial charge >= 0.3 is 0 Å². The van der Waals surface area contributed by atoms with Crippen molar-refractivity contribution in [1.29, 1.82) is 0 Å². The van der Waals surface area contributed by atoms with Gasteiger partial charge in [0.2, 0.25) is 5.91 Å². The lowest BCUT2D eigenvalue weighted by Gasteiger charge is -2.40. The third kappa shape index (κ3) is 3.07. The summed E-state index contributed by atoms with van der Waals surface area (Å²) >= 11 is 1.64. The molecule has 4 nitrogen and oxygen atoms in total. The van der Waals surface area contributed by atoms with E-state index >= 15 is 0 Å². The van der Waals surface area contributed by atoms with E-state index in [1.807, 2.05) is 17.5 Å². The fourth-order valence-electron chi connectivity index (χ4n) is 1.88. The highest BCUT2D eigenvalue weighted by Crippen LogP contribution is 2.36. The fraction of sp³-hybridized carbons (Fsp3) is 0.545. The van der Waals surface area contributed by atoms with Crippen LogP contribution >= 0.6 is 11.3 Å². The Kier molecular flexibility index (Phi) is 3.53. The van der Waals surface area contributed by atoms with Crippen molar-refractivity contribution < 1.29 is 13.2 Å². The summed E-state index contributed by atoms with van der Waals surface area (Å²) in [4.78, 5) is 14.8. The van der Waals surface area contributed by atoms with E-state index < -0.39 is 9.84 Å². The molecule has 1 unspecified atom stereocenters. The van der Waals surface area contributed by atoms with Gasteiger partial charge in [-0.25, -0.2) is 8.42 Å². The smallest absolute Gasteiger partial charge is 0.224 e. The van der Waals surface area contributed by atoms with Gasteiger partial charge in [-0.3, -0.25) is 4.79 Å². The number of sulfone groups is 1. The molecule has 1 aromatic heterocycles. The van der Waals surface area contributed by atoms with Crippen LogP contribution < -0.4 is 0 Å². The Morgan fingerprint density at radius 3 is 2.82 bits per heavy atom. The molecule has 17 heavy (non-hydrogen) atoms. The van der Waals surface area contributed by atoms with Crippen LogP contribution in [0.15, 0.2) is 17.5 Å². The third-order valence-corrected chi connectivity index (χ3v) is 4.82. The van der Waals surface area contributed by atoms with Gasteiger partial charge in [-0.1, -0.05) is 6.07 Å². The number of thiophene rings is 1. The molecule has 94 valence electrons. The first kappa shape index (κ1) is 12.6. The predicted octanol–water partition coefficient (Wildman–Crippen LogP) is 1.46. The van der Waals surface area contributed by atoms with Crippen molar-refractivity contribution in [3.05, 3.63) is 22.4 Å². The highest BCUT2D eigenvalue weighted by Gasteiger charge is 2.33.